The van der Waals surface area contributed by atoms with Gasteiger partial charge in [-0.15, -0.1) is 0 Å². The van der Waals surface area contributed by atoms with Crippen molar-refractivity contribution in [3.8, 4) is 0 Å². The summed E-state index contributed by atoms with van der Waals surface area (Å²) in [5, 5.41) is 9.02. The minimum atomic E-state index is -1.21. The Morgan fingerprint density at radius 3 is 2.96 bits per heavy atom. The van der Waals surface area contributed by atoms with Crippen LogP contribution in [0.5, 0.6) is 0 Å². The molecule has 1 atom stereocenters. The smallest absolute Gasteiger partial charge is 0.338 e. The van der Waals surface area contributed by atoms with E-state index < -0.39 is 11.8 Å². The molecule has 0 radical (unpaired) electrons. The van der Waals surface area contributed by atoms with Gasteiger partial charge in [0, 0.05) is 25.5 Å². The zero-order chi connectivity index (χ0) is 16.9. The minimum Gasteiger partial charge on any atom is -0.478 e. The van der Waals surface area contributed by atoms with E-state index in [1.54, 1.807) is 12.3 Å². The lowest BCUT2D eigenvalue weighted by molar-refractivity contribution is 0.0691. The molecule has 4 nitrogen and oxygen atoms in total. The predicted octanol–water partition coefficient (Wildman–Crippen LogP) is 3.03. The van der Waals surface area contributed by atoms with E-state index in [4.69, 9.17) is 5.11 Å². The molecule has 5 heteroatoms. The van der Waals surface area contributed by atoms with Crippen molar-refractivity contribution < 1.29 is 14.3 Å². The van der Waals surface area contributed by atoms with Crippen molar-refractivity contribution in [2.45, 2.75) is 19.3 Å². The van der Waals surface area contributed by atoms with E-state index in [2.05, 4.69) is 16.0 Å². The fourth-order valence-corrected chi connectivity index (χ4v) is 3.31. The molecule has 0 aliphatic carbocycles. The van der Waals surface area contributed by atoms with Gasteiger partial charge in [0.25, 0.3) is 0 Å². The lowest BCUT2D eigenvalue weighted by Gasteiger charge is -2.16. The van der Waals surface area contributed by atoms with E-state index in [1.807, 2.05) is 12.3 Å². The van der Waals surface area contributed by atoms with Crippen molar-refractivity contribution in [3.63, 3.8) is 0 Å². The molecule has 0 spiro atoms. The Balaban J connectivity index is 1.53. The number of carboxylic acids is 1. The first-order chi connectivity index (χ1) is 11.6. The summed E-state index contributed by atoms with van der Waals surface area (Å²) in [4.78, 5) is 17.6. The molecule has 2 heterocycles. The van der Waals surface area contributed by atoms with Gasteiger partial charge in [0.2, 0.25) is 0 Å². The maximum absolute atomic E-state index is 13.5. The van der Waals surface area contributed by atoms with Crippen LogP contribution in [-0.4, -0.2) is 40.6 Å². The number of carboxylic acid groups (broad SMARTS) is 1. The Kier molecular flexibility index (Phi) is 5.20. The SMILES string of the molecule is O=C(O)c1cc(CC2CCN(CCc3cccnc3)C2)ccc1F. The molecule has 1 aliphatic heterocycles. The summed E-state index contributed by atoms with van der Waals surface area (Å²) in [6, 6.07) is 8.47. The van der Waals surface area contributed by atoms with Gasteiger partial charge in [-0.2, -0.15) is 0 Å². The molecular formula is C19H21FN2O2. The Hall–Kier alpha value is -2.27. The topological polar surface area (TPSA) is 53.4 Å². The Bertz CT molecular complexity index is 706. The van der Waals surface area contributed by atoms with Gasteiger partial charge in [0.15, 0.2) is 0 Å². The summed E-state index contributed by atoms with van der Waals surface area (Å²) in [5.41, 5.74) is 1.90. The molecule has 126 valence electrons. The average Bonchev–Trinajstić information content (AvgIpc) is 3.03. The molecule has 1 unspecified atom stereocenters. The van der Waals surface area contributed by atoms with E-state index in [0.29, 0.717) is 5.92 Å². The second-order valence-electron chi connectivity index (χ2n) is 6.39. The maximum atomic E-state index is 13.5. The number of hydrogen-bond donors (Lipinski definition) is 1. The van der Waals surface area contributed by atoms with E-state index in [-0.39, 0.29) is 5.56 Å². The summed E-state index contributed by atoms with van der Waals surface area (Å²) >= 11 is 0. The van der Waals surface area contributed by atoms with Crippen LogP contribution >= 0.6 is 0 Å². The number of halogens is 1. The van der Waals surface area contributed by atoms with Gasteiger partial charge in [-0.1, -0.05) is 12.1 Å². The number of aromatic nitrogens is 1. The van der Waals surface area contributed by atoms with Gasteiger partial charge in [-0.3, -0.25) is 4.98 Å². The van der Waals surface area contributed by atoms with Gasteiger partial charge in [-0.25, -0.2) is 9.18 Å². The summed E-state index contributed by atoms with van der Waals surface area (Å²) < 4.78 is 13.5. The molecule has 1 aliphatic rings. The third-order valence-electron chi connectivity index (χ3n) is 4.60. The number of likely N-dealkylation sites (tertiary alicyclic amines) is 1. The van der Waals surface area contributed by atoms with Crippen LogP contribution in [-0.2, 0) is 12.8 Å². The zero-order valence-corrected chi connectivity index (χ0v) is 13.5. The molecule has 0 saturated carbocycles. The van der Waals surface area contributed by atoms with E-state index in [0.717, 1.165) is 44.5 Å². The standard InChI is InChI=1S/C19H21FN2O2/c20-18-4-3-15(11-17(18)19(23)24)10-16-6-9-22(13-16)8-5-14-2-1-7-21-12-14/h1-4,7,11-12,16H,5-6,8-10,13H2,(H,23,24). The largest absolute Gasteiger partial charge is 0.478 e. The van der Waals surface area contributed by atoms with Crippen LogP contribution in [0.3, 0.4) is 0 Å². The number of rotatable bonds is 6. The molecule has 2 aromatic rings. The third-order valence-corrected chi connectivity index (χ3v) is 4.60. The highest BCUT2D eigenvalue weighted by Gasteiger charge is 2.23. The average molecular weight is 328 g/mol. The van der Waals surface area contributed by atoms with Crippen molar-refractivity contribution in [2.24, 2.45) is 5.92 Å². The second-order valence-corrected chi connectivity index (χ2v) is 6.39. The van der Waals surface area contributed by atoms with Crippen molar-refractivity contribution in [3.05, 3.63) is 65.2 Å². The van der Waals surface area contributed by atoms with Crippen LogP contribution in [0.25, 0.3) is 0 Å². The Labute approximate surface area is 141 Å². The zero-order valence-electron chi connectivity index (χ0n) is 13.5. The molecule has 1 aromatic carbocycles. The molecule has 0 bridgehead atoms. The fourth-order valence-electron chi connectivity index (χ4n) is 3.31. The van der Waals surface area contributed by atoms with E-state index in [1.165, 1.54) is 17.7 Å². The molecule has 0 amide bonds. The number of benzene rings is 1. The number of aromatic carboxylic acids is 1. The van der Waals surface area contributed by atoms with Crippen molar-refractivity contribution in [1.29, 1.82) is 0 Å². The van der Waals surface area contributed by atoms with Crippen LogP contribution < -0.4 is 0 Å². The first kappa shape index (κ1) is 16.6. The van der Waals surface area contributed by atoms with Gasteiger partial charge in [0.1, 0.15) is 5.82 Å². The highest BCUT2D eigenvalue weighted by atomic mass is 19.1. The van der Waals surface area contributed by atoms with Crippen molar-refractivity contribution in [2.75, 3.05) is 19.6 Å². The molecule has 1 fully saturated rings. The Morgan fingerprint density at radius 1 is 1.33 bits per heavy atom. The maximum Gasteiger partial charge on any atom is 0.338 e. The highest BCUT2D eigenvalue weighted by molar-refractivity contribution is 5.88. The van der Waals surface area contributed by atoms with Crippen LogP contribution in [0.15, 0.2) is 42.7 Å². The third kappa shape index (κ3) is 4.17. The number of pyridine rings is 1. The van der Waals surface area contributed by atoms with E-state index in [9.17, 15) is 9.18 Å². The highest BCUT2D eigenvalue weighted by Crippen LogP contribution is 2.22. The molecule has 1 N–H and O–H groups in total. The first-order valence-electron chi connectivity index (χ1n) is 8.25. The van der Waals surface area contributed by atoms with Gasteiger partial charge < -0.3 is 10.0 Å². The number of hydrogen-bond acceptors (Lipinski definition) is 3. The summed E-state index contributed by atoms with van der Waals surface area (Å²) in [6.45, 7) is 3.06. The Morgan fingerprint density at radius 2 is 2.21 bits per heavy atom. The quantitative estimate of drug-likeness (QED) is 0.885. The molecule has 1 aromatic heterocycles. The lowest BCUT2D eigenvalue weighted by Crippen LogP contribution is -2.23. The molecule has 3 rings (SSSR count). The van der Waals surface area contributed by atoms with Gasteiger partial charge >= 0.3 is 5.97 Å². The summed E-state index contributed by atoms with van der Waals surface area (Å²) in [5.74, 6) is -1.39. The predicted molar refractivity (Wildman–Crippen MR) is 89.6 cm³/mol. The van der Waals surface area contributed by atoms with Crippen LogP contribution in [0.2, 0.25) is 0 Å². The van der Waals surface area contributed by atoms with Crippen molar-refractivity contribution in [1.82, 2.24) is 9.88 Å². The fraction of sp³-hybridized carbons (Fsp3) is 0.368. The summed E-state index contributed by atoms with van der Waals surface area (Å²) in [7, 11) is 0. The van der Waals surface area contributed by atoms with Gasteiger partial charge in [-0.05, 0) is 61.1 Å². The van der Waals surface area contributed by atoms with Gasteiger partial charge in [0.05, 0.1) is 5.56 Å². The lowest BCUT2D eigenvalue weighted by atomic mass is 9.97. The first-order valence-corrected chi connectivity index (χ1v) is 8.25. The monoisotopic (exact) mass is 328 g/mol. The van der Waals surface area contributed by atoms with Crippen LogP contribution in [0.4, 0.5) is 4.39 Å². The van der Waals surface area contributed by atoms with E-state index >= 15 is 0 Å². The molecule has 1 saturated heterocycles. The summed E-state index contributed by atoms with van der Waals surface area (Å²) in [6.07, 6.45) is 6.56. The number of nitrogens with zero attached hydrogens (tertiary/aromatic N) is 2. The minimum absolute atomic E-state index is 0.237. The normalized spacial score (nSPS) is 18.0. The van der Waals surface area contributed by atoms with Crippen molar-refractivity contribution >= 4 is 5.97 Å². The van der Waals surface area contributed by atoms with Crippen LogP contribution in [0, 0.1) is 11.7 Å². The molecular weight excluding hydrogens is 307 g/mol. The van der Waals surface area contributed by atoms with Crippen LogP contribution in [0.1, 0.15) is 27.9 Å². The number of carbonyl (C=O) groups is 1. The molecule has 24 heavy (non-hydrogen) atoms. The second kappa shape index (κ2) is 7.53.